The third-order valence-electron chi connectivity index (χ3n) is 5.98. The minimum absolute atomic E-state index is 0.0162. The van der Waals surface area contributed by atoms with Gasteiger partial charge in [0.2, 0.25) is 0 Å². The Morgan fingerprint density at radius 2 is 1.66 bits per heavy atom. The number of carbonyl (C=O) groups excluding carboxylic acids is 2. The van der Waals surface area contributed by atoms with Gasteiger partial charge in [-0.1, -0.05) is 36.4 Å². The van der Waals surface area contributed by atoms with E-state index in [9.17, 15) is 9.59 Å². The summed E-state index contributed by atoms with van der Waals surface area (Å²) in [6.45, 7) is 3.57. The first-order valence-electron chi connectivity index (χ1n) is 11.0. The van der Waals surface area contributed by atoms with E-state index in [1.54, 1.807) is 30.3 Å². The van der Waals surface area contributed by atoms with Crippen LogP contribution in [0.2, 0.25) is 0 Å². The molecule has 0 aliphatic carbocycles. The third kappa shape index (κ3) is 4.58. The second-order valence-electron chi connectivity index (χ2n) is 8.61. The number of amides is 2. The number of hydrogen-bond acceptors (Lipinski definition) is 3. The van der Waals surface area contributed by atoms with Gasteiger partial charge in [0.25, 0.3) is 11.8 Å². The molecule has 1 atom stereocenters. The number of benzene rings is 3. The van der Waals surface area contributed by atoms with Gasteiger partial charge in [-0.2, -0.15) is 0 Å². The van der Waals surface area contributed by atoms with Crippen molar-refractivity contribution in [1.29, 1.82) is 0 Å². The van der Waals surface area contributed by atoms with Crippen molar-refractivity contribution in [3.05, 3.63) is 95.1 Å². The molecular weight excluding hydrogens is 398 g/mol. The van der Waals surface area contributed by atoms with Gasteiger partial charge in [0.15, 0.2) is 0 Å². The summed E-state index contributed by atoms with van der Waals surface area (Å²) < 4.78 is 0. The summed E-state index contributed by atoms with van der Waals surface area (Å²) in [5.74, 6) is 0.251. The van der Waals surface area contributed by atoms with Crippen molar-refractivity contribution >= 4 is 23.2 Å². The quantitative estimate of drug-likeness (QED) is 0.627. The molecule has 1 unspecified atom stereocenters. The average molecular weight is 428 g/mol. The standard InChI is InChI=1S/C27H29N3O2/c1-19-8-4-5-9-23(19)26(31)28-22-14-12-20(13-15-22)27(32)30-17-16-21(18-29(2)3)24-10-6-7-11-25(24)30/h4-15,21H,16-18H2,1-3H3,(H,28,31). The van der Waals surface area contributed by atoms with Crippen molar-refractivity contribution in [3.8, 4) is 0 Å². The molecule has 5 heteroatoms. The van der Waals surface area contributed by atoms with E-state index < -0.39 is 0 Å². The van der Waals surface area contributed by atoms with Crippen molar-refractivity contribution in [2.24, 2.45) is 0 Å². The molecule has 2 amide bonds. The van der Waals surface area contributed by atoms with Crippen LogP contribution in [0.1, 0.15) is 44.2 Å². The predicted octanol–water partition coefficient (Wildman–Crippen LogP) is 4.94. The molecule has 3 aromatic carbocycles. The van der Waals surface area contributed by atoms with Crippen LogP contribution in [0.3, 0.4) is 0 Å². The molecule has 0 fully saturated rings. The van der Waals surface area contributed by atoms with Gasteiger partial charge in [0, 0.05) is 41.5 Å². The number of hydrogen-bond donors (Lipinski definition) is 1. The maximum atomic E-state index is 13.3. The van der Waals surface area contributed by atoms with Crippen molar-refractivity contribution in [3.63, 3.8) is 0 Å². The van der Waals surface area contributed by atoms with Crippen LogP contribution in [0.4, 0.5) is 11.4 Å². The van der Waals surface area contributed by atoms with Gasteiger partial charge in [0.1, 0.15) is 0 Å². The SMILES string of the molecule is Cc1ccccc1C(=O)Nc1ccc(C(=O)N2CCC(CN(C)C)c3ccccc32)cc1. The number of aryl methyl sites for hydroxylation is 1. The maximum Gasteiger partial charge on any atom is 0.258 e. The fourth-order valence-corrected chi connectivity index (χ4v) is 4.36. The molecule has 32 heavy (non-hydrogen) atoms. The van der Waals surface area contributed by atoms with Gasteiger partial charge < -0.3 is 15.1 Å². The largest absolute Gasteiger partial charge is 0.322 e. The smallest absolute Gasteiger partial charge is 0.258 e. The number of rotatable bonds is 5. The highest BCUT2D eigenvalue weighted by atomic mass is 16.2. The number of para-hydroxylation sites is 1. The lowest BCUT2D eigenvalue weighted by atomic mass is 9.89. The molecule has 1 aliphatic rings. The van der Waals surface area contributed by atoms with Crippen molar-refractivity contribution in [2.75, 3.05) is 37.4 Å². The predicted molar refractivity (Wildman–Crippen MR) is 130 cm³/mol. The molecule has 0 aromatic heterocycles. The summed E-state index contributed by atoms with van der Waals surface area (Å²) in [6, 6.07) is 22.8. The zero-order valence-corrected chi connectivity index (χ0v) is 18.8. The summed E-state index contributed by atoms with van der Waals surface area (Å²) in [7, 11) is 4.17. The Balaban J connectivity index is 1.50. The number of nitrogens with one attached hydrogen (secondary N) is 1. The average Bonchev–Trinajstić information content (AvgIpc) is 2.79. The monoisotopic (exact) mass is 427 g/mol. The first kappa shape index (κ1) is 21.8. The number of carbonyl (C=O) groups is 2. The Morgan fingerprint density at radius 1 is 0.969 bits per heavy atom. The second kappa shape index (κ2) is 9.37. The number of anilines is 2. The summed E-state index contributed by atoms with van der Waals surface area (Å²) in [6.07, 6.45) is 0.936. The van der Waals surface area contributed by atoms with E-state index in [-0.39, 0.29) is 11.8 Å². The van der Waals surface area contributed by atoms with E-state index >= 15 is 0 Å². The van der Waals surface area contributed by atoms with Gasteiger partial charge in [-0.15, -0.1) is 0 Å². The Morgan fingerprint density at radius 3 is 2.38 bits per heavy atom. The zero-order chi connectivity index (χ0) is 22.7. The number of fused-ring (bicyclic) bond motifs is 1. The van der Waals surface area contributed by atoms with Crippen molar-refractivity contribution in [1.82, 2.24) is 4.90 Å². The Hall–Kier alpha value is -3.44. The fraction of sp³-hybridized carbons (Fsp3) is 0.259. The first-order valence-corrected chi connectivity index (χ1v) is 11.0. The normalized spacial score (nSPS) is 15.4. The minimum atomic E-state index is -0.154. The van der Waals surface area contributed by atoms with Crippen LogP contribution in [-0.2, 0) is 0 Å². The zero-order valence-electron chi connectivity index (χ0n) is 18.8. The molecule has 0 saturated carbocycles. The molecule has 5 nitrogen and oxygen atoms in total. The summed E-state index contributed by atoms with van der Waals surface area (Å²) in [5.41, 5.74) is 5.06. The highest BCUT2D eigenvalue weighted by Crippen LogP contribution is 2.36. The van der Waals surface area contributed by atoms with E-state index in [0.717, 1.165) is 24.2 Å². The molecule has 1 aliphatic heterocycles. The fourth-order valence-electron chi connectivity index (χ4n) is 4.36. The second-order valence-corrected chi connectivity index (χ2v) is 8.61. The molecule has 0 bridgehead atoms. The minimum Gasteiger partial charge on any atom is -0.322 e. The van der Waals surface area contributed by atoms with Crippen LogP contribution < -0.4 is 10.2 Å². The molecule has 0 spiro atoms. The lowest BCUT2D eigenvalue weighted by Crippen LogP contribution is -2.38. The third-order valence-corrected chi connectivity index (χ3v) is 5.98. The molecule has 0 saturated heterocycles. The molecule has 1 heterocycles. The van der Waals surface area contributed by atoms with Crippen LogP contribution in [0.25, 0.3) is 0 Å². The molecule has 3 aromatic rings. The van der Waals surface area contributed by atoms with Crippen LogP contribution >= 0.6 is 0 Å². The molecule has 1 N–H and O–H groups in total. The Bertz CT molecular complexity index is 1120. The lowest BCUT2D eigenvalue weighted by Gasteiger charge is -2.35. The Labute approximate surface area is 189 Å². The van der Waals surface area contributed by atoms with E-state index in [2.05, 4.69) is 30.4 Å². The van der Waals surface area contributed by atoms with E-state index in [1.165, 1.54) is 5.56 Å². The highest BCUT2D eigenvalue weighted by molar-refractivity contribution is 6.08. The molecule has 164 valence electrons. The summed E-state index contributed by atoms with van der Waals surface area (Å²) >= 11 is 0. The Kier molecular flexibility index (Phi) is 6.37. The van der Waals surface area contributed by atoms with Gasteiger partial charge in [-0.3, -0.25) is 9.59 Å². The summed E-state index contributed by atoms with van der Waals surface area (Å²) in [5, 5.41) is 2.92. The number of nitrogens with zero attached hydrogens (tertiary/aromatic N) is 2. The molecular formula is C27H29N3O2. The number of likely N-dealkylation sites (N-methyl/N-ethyl adjacent to an activating group) is 1. The van der Waals surface area contributed by atoms with Crippen molar-refractivity contribution < 1.29 is 9.59 Å². The van der Waals surface area contributed by atoms with Crippen LogP contribution in [0, 0.1) is 6.92 Å². The lowest BCUT2D eigenvalue weighted by molar-refractivity contribution is 0.0982. The van der Waals surface area contributed by atoms with Gasteiger partial charge in [-0.05, 0) is 75.0 Å². The van der Waals surface area contributed by atoms with Crippen LogP contribution in [-0.4, -0.2) is 43.9 Å². The topological polar surface area (TPSA) is 52.7 Å². The van der Waals surface area contributed by atoms with E-state index in [0.29, 0.717) is 29.3 Å². The van der Waals surface area contributed by atoms with E-state index in [4.69, 9.17) is 0 Å². The van der Waals surface area contributed by atoms with Crippen molar-refractivity contribution in [2.45, 2.75) is 19.3 Å². The molecule has 0 radical (unpaired) electrons. The van der Waals surface area contributed by atoms with Gasteiger partial charge in [0.05, 0.1) is 0 Å². The van der Waals surface area contributed by atoms with Gasteiger partial charge in [-0.25, -0.2) is 0 Å². The first-order chi connectivity index (χ1) is 15.4. The van der Waals surface area contributed by atoms with Gasteiger partial charge >= 0.3 is 0 Å². The van der Waals surface area contributed by atoms with Crippen LogP contribution in [0.5, 0.6) is 0 Å². The molecule has 4 rings (SSSR count). The highest BCUT2D eigenvalue weighted by Gasteiger charge is 2.29. The van der Waals surface area contributed by atoms with Crippen LogP contribution in [0.15, 0.2) is 72.8 Å². The van der Waals surface area contributed by atoms with E-state index in [1.807, 2.05) is 48.2 Å². The summed E-state index contributed by atoms with van der Waals surface area (Å²) in [4.78, 5) is 29.9. The maximum absolute atomic E-state index is 13.3.